The number of hydrogen-bond acceptors (Lipinski definition) is 5. The zero-order valence-corrected chi connectivity index (χ0v) is 11.6. The summed E-state index contributed by atoms with van der Waals surface area (Å²) in [4.78, 5) is 23.5. The van der Waals surface area contributed by atoms with Crippen LogP contribution in [0.4, 0.5) is 11.4 Å². The zero-order valence-electron chi connectivity index (χ0n) is 11.6. The van der Waals surface area contributed by atoms with E-state index in [-0.39, 0.29) is 29.7 Å². The van der Waals surface area contributed by atoms with Crippen molar-refractivity contribution in [2.45, 2.75) is 19.9 Å². The van der Waals surface area contributed by atoms with E-state index in [2.05, 4.69) is 5.32 Å². The van der Waals surface area contributed by atoms with Gasteiger partial charge in [0.25, 0.3) is 5.69 Å². The molecule has 20 heavy (non-hydrogen) atoms. The molecule has 0 fully saturated rings. The molecule has 0 radical (unpaired) electrons. The van der Waals surface area contributed by atoms with E-state index < -0.39 is 4.92 Å². The Kier molecular flexibility index (Phi) is 5.03. The Labute approximate surface area is 117 Å². The number of nitriles is 1. The van der Waals surface area contributed by atoms with Gasteiger partial charge in [-0.15, -0.1) is 0 Å². The minimum atomic E-state index is -0.607. The van der Waals surface area contributed by atoms with Gasteiger partial charge in [0, 0.05) is 24.8 Å². The molecule has 7 nitrogen and oxygen atoms in total. The Morgan fingerprint density at radius 3 is 2.70 bits per heavy atom. The molecule has 0 saturated carbocycles. The molecule has 106 valence electrons. The van der Waals surface area contributed by atoms with E-state index in [9.17, 15) is 14.9 Å². The van der Waals surface area contributed by atoms with Crippen molar-refractivity contribution in [1.29, 1.82) is 5.26 Å². The molecule has 0 aliphatic rings. The Bertz CT molecular complexity index is 563. The van der Waals surface area contributed by atoms with Crippen LogP contribution in [0.15, 0.2) is 18.2 Å². The first-order valence-corrected chi connectivity index (χ1v) is 6.04. The Morgan fingerprint density at radius 1 is 1.55 bits per heavy atom. The first kappa shape index (κ1) is 15.4. The second-order valence-electron chi connectivity index (χ2n) is 4.65. The van der Waals surface area contributed by atoms with Crippen molar-refractivity contribution in [2.75, 3.05) is 18.5 Å². The smallest absolute Gasteiger partial charge is 0.289 e. The molecule has 1 aromatic carbocycles. The van der Waals surface area contributed by atoms with Gasteiger partial charge in [-0.2, -0.15) is 5.26 Å². The topological polar surface area (TPSA) is 99.3 Å². The van der Waals surface area contributed by atoms with E-state index >= 15 is 0 Å². The van der Waals surface area contributed by atoms with Gasteiger partial charge in [-0.05, 0) is 26.0 Å². The van der Waals surface area contributed by atoms with Crippen molar-refractivity contribution >= 4 is 17.3 Å². The highest BCUT2D eigenvalue weighted by molar-refractivity contribution is 5.81. The third kappa shape index (κ3) is 3.95. The maximum absolute atomic E-state index is 11.6. The molecular weight excluding hydrogens is 260 g/mol. The highest BCUT2D eigenvalue weighted by atomic mass is 16.6. The van der Waals surface area contributed by atoms with Crippen LogP contribution in [-0.2, 0) is 4.79 Å². The Hall–Kier alpha value is -2.62. The standard InChI is InChI=1S/C13H16N4O3/c1-9(2)15-13(18)8-16(3)11-5-4-10(7-14)12(6-11)17(19)20/h4-6,9H,8H2,1-3H3,(H,15,18). The Balaban J connectivity index is 2.92. The van der Waals surface area contributed by atoms with Crippen molar-refractivity contribution < 1.29 is 9.72 Å². The third-order valence-corrected chi connectivity index (χ3v) is 2.57. The monoisotopic (exact) mass is 276 g/mol. The fraction of sp³-hybridized carbons (Fsp3) is 0.385. The first-order valence-electron chi connectivity index (χ1n) is 6.04. The second kappa shape index (κ2) is 6.52. The lowest BCUT2D eigenvalue weighted by atomic mass is 10.1. The number of nitrogens with one attached hydrogen (secondary N) is 1. The summed E-state index contributed by atoms with van der Waals surface area (Å²) in [6, 6.07) is 6.05. The molecular formula is C13H16N4O3. The van der Waals surface area contributed by atoms with E-state index in [1.807, 2.05) is 13.8 Å². The van der Waals surface area contributed by atoms with Gasteiger partial charge in [0.2, 0.25) is 5.91 Å². The molecule has 1 aromatic rings. The quantitative estimate of drug-likeness (QED) is 0.647. The van der Waals surface area contributed by atoms with Crippen LogP contribution in [0.3, 0.4) is 0 Å². The number of benzene rings is 1. The van der Waals surface area contributed by atoms with Crippen molar-refractivity contribution in [1.82, 2.24) is 5.32 Å². The second-order valence-corrected chi connectivity index (χ2v) is 4.65. The molecule has 0 aliphatic carbocycles. The van der Waals surface area contributed by atoms with E-state index in [1.165, 1.54) is 12.1 Å². The molecule has 0 saturated heterocycles. The molecule has 1 amide bonds. The van der Waals surface area contributed by atoms with Crippen LogP contribution in [-0.4, -0.2) is 30.5 Å². The van der Waals surface area contributed by atoms with Crippen LogP contribution >= 0.6 is 0 Å². The van der Waals surface area contributed by atoms with Gasteiger partial charge in [0.05, 0.1) is 11.5 Å². The Morgan fingerprint density at radius 2 is 2.20 bits per heavy atom. The van der Waals surface area contributed by atoms with Crippen LogP contribution in [0.1, 0.15) is 19.4 Å². The van der Waals surface area contributed by atoms with Crippen LogP contribution in [0.5, 0.6) is 0 Å². The fourth-order valence-corrected chi connectivity index (χ4v) is 1.68. The minimum absolute atomic E-state index is 0.00113. The molecule has 1 N–H and O–H groups in total. The van der Waals surface area contributed by atoms with Crippen molar-refractivity contribution in [3.63, 3.8) is 0 Å². The van der Waals surface area contributed by atoms with E-state index in [1.54, 1.807) is 24.1 Å². The summed E-state index contributed by atoms with van der Waals surface area (Å²) < 4.78 is 0. The zero-order chi connectivity index (χ0) is 15.3. The van der Waals surface area contributed by atoms with Crippen LogP contribution in [0.25, 0.3) is 0 Å². The summed E-state index contributed by atoms with van der Waals surface area (Å²) in [5.41, 5.74) is 0.245. The fourth-order valence-electron chi connectivity index (χ4n) is 1.68. The van der Waals surface area contributed by atoms with Crippen molar-refractivity contribution in [3.8, 4) is 6.07 Å². The summed E-state index contributed by atoms with van der Waals surface area (Å²) in [6.07, 6.45) is 0. The number of rotatable bonds is 5. The van der Waals surface area contributed by atoms with Crippen LogP contribution < -0.4 is 10.2 Å². The lowest BCUT2D eigenvalue weighted by Gasteiger charge is -2.19. The van der Waals surface area contributed by atoms with Crippen LogP contribution in [0, 0.1) is 21.4 Å². The summed E-state index contributed by atoms with van der Waals surface area (Å²) in [5.74, 6) is -0.172. The minimum Gasteiger partial charge on any atom is -0.365 e. The lowest BCUT2D eigenvalue weighted by molar-refractivity contribution is -0.385. The number of likely N-dealkylation sites (N-methyl/N-ethyl adjacent to an activating group) is 1. The largest absolute Gasteiger partial charge is 0.365 e. The molecule has 0 aliphatic heterocycles. The number of amides is 1. The van der Waals surface area contributed by atoms with Crippen molar-refractivity contribution in [2.24, 2.45) is 0 Å². The molecule has 0 bridgehead atoms. The summed E-state index contributed by atoms with van der Waals surface area (Å²) in [7, 11) is 1.66. The molecule has 0 atom stereocenters. The first-order chi connectivity index (χ1) is 9.35. The van der Waals surface area contributed by atoms with E-state index in [0.717, 1.165) is 0 Å². The highest BCUT2D eigenvalue weighted by Gasteiger charge is 2.17. The molecule has 0 unspecified atom stereocenters. The van der Waals surface area contributed by atoms with Gasteiger partial charge < -0.3 is 10.2 Å². The van der Waals surface area contributed by atoms with Crippen molar-refractivity contribution in [3.05, 3.63) is 33.9 Å². The van der Waals surface area contributed by atoms with Gasteiger partial charge in [-0.25, -0.2) is 0 Å². The van der Waals surface area contributed by atoms with Gasteiger partial charge in [-0.3, -0.25) is 14.9 Å². The van der Waals surface area contributed by atoms with Crippen LogP contribution in [0.2, 0.25) is 0 Å². The molecule has 1 rings (SSSR count). The average Bonchev–Trinajstić information content (AvgIpc) is 2.36. The molecule has 0 heterocycles. The highest BCUT2D eigenvalue weighted by Crippen LogP contribution is 2.24. The predicted octanol–water partition coefficient (Wildman–Crippen LogP) is 1.43. The van der Waals surface area contributed by atoms with E-state index in [0.29, 0.717) is 5.69 Å². The molecule has 7 heteroatoms. The summed E-state index contributed by atoms with van der Waals surface area (Å²) in [6.45, 7) is 3.79. The number of carbonyl (C=O) groups is 1. The number of carbonyl (C=O) groups excluding carboxylic acids is 1. The molecule has 0 spiro atoms. The maximum Gasteiger partial charge on any atom is 0.289 e. The maximum atomic E-state index is 11.6. The number of nitro groups is 1. The number of nitrogens with zero attached hydrogens (tertiary/aromatic N) is 3. The average molecular weight is 276 g/mol. The number of hydrogen-bond donors (Lipinski definition) is 1. The third-order valence-electron chi connectivity index (χ3n) is 2.57. The number of nitro benzene ring substituents is 1. The predicted molar refractivity (Wildman–Crippen MR) is 74.4 cm³/mol. The van der Waals surface area contributed by atoms with Gasteiger partial charge in [0.1, 0.15) is 11.6 Å². The normalized spacial score (nSPS) is 9.95. The SMILES string of the molecule is CC(C)NC(=O)CN(C)c1ccc(C#N)c([N+](=O)[O-])c1. The van der Waals surface area contributed by atoms with E-state index in [4.69, 9.17) is 5.26 Å². The summed E-state index contributed by atoms with van der Waals surface area (Å²) in [5, 5.41) is 22.4. The molecule has 0 aromatic heterocycles. The number of anilines is 1. The van der Waals surface area contributed by atoms with Gasteiger partial charge in [0.15, 0.2) is 0 Å². The lowest BCUT2D eigenvalue weighted by Crippen LogP contribution is -2.38. The van der Waals surface area contributed by atoms with Gasteiger partial charge >= 0.3 is 0 Å². The summed E-state index contributed by atoms with van der Waals surface area (Å²) >= 11 is 0. The van der Waals surface area contributed by atoms with Gasteiger partial charge in [-0.1, -0.05) is 0 Å².